The van der Waals surface area contributed by atoms with E-state index < -0.39 is 27.4 Å². The van der Waals surface area contributed by atoms with Gasteiger partial charge in [0.1, 0.15) is 10.7 Å². The van der Waals surface area contributed by atoms with Crippen LogP contribution in [0.1, 0.15) is 0 Å². The van der Waals surface area contributed by atoms with Crippen molar-refractivity contribution in [1.29, 1.82) is 0 Å². The topological polar surface area (TPSA) is 104 Å². The van der Waals surface area contributed by atoms with Gasteiger partial charge in [0.2, 0.25) is 0 Å². The Morgan fingerprint density at radius 1 is 1.31 bits per heavy atom. The first kappa shape index (κ1) is 12.9. The Morgan fingerprint density at radius 3 is 2.56 bits per heavy atom. The van der Waals surface area contributed by atoms with E-state index >= 15 is 0 Å². The van der Waals surface area contributed by atoms with E-state index in [2.05, 4.69) is 4.18 Å². The summed E-state index contributed by atoms with van der Waals surface area (Å²) in [6.07, 6.45) is 0. The molecule has 0 unspecified atom stereocenters. The second kappa shape index (κ2) is 5.28. The average molecular weight is 265 g/mol. The predicted molar refractivity (Wildman–Crippen MR) is 59.2 cm³/mol. The van der Waals surface area contributed by atoms with Gasteiger partial charge in [-0.1, -0.05) is 6.07 Å². The van der Waals surface area contributed by atoms with Gasteiger partial charge in [0, 0.05) is 5.69 Å². The van der Waals surface area contributed by atoms with Gasteiger partial charge in [-0.05, 0) is 18.2 Å². The summed E-state index contributed by atoms with van der Waals surface area (Å²) >= 11 is 0. The van der Waals surface area contributed by atoms with Crippen molar-refractivity contribution in [3.05, 3.63) is 24.3 Å². The van der Waals surface area contributed by atoms with E-state index in [9.17, 15) is 16.8 Å². The molecule has 0 aliphatic carbocycles. The van der Waals surface area contributed by atoms with Crippen LogP contribution in [0.25, 0.3) is 0 Å². The van der Waals surface area contributed by atoms with Crippen molar-refractivity contribution in [2.45, 2.75) is 4.90 Å². The first-order valence-electron chi connectivity index (χ1n) is 4.28. The molecule has 0 spiro atoms. The third-order valence-electron chi connectivity index (χ3n) is 1.66. The summed E-state index contributed by atoms with van der Waals surface area (Å²) in [5.41, 5.74) is 5.71. The van der Waals surface area contributed by atoms with E-state index in [4.69, 9.17) is 5.73 Å². The van der Waals surface area contributed by atoms with Crippen LogP contribution in [0.2, 0.25) is 0 Å². The molecular formula is C8H11NO5S2. The molecule has 0 heterocycles. The summed E-state index contributed by atoms with van der Waals surface area (Å²) in [6.45, 7) is -0.393. The lowest BCUT2D eigenvalue weighted by molar-refractivity contribution is 0.339. The van der Waals surface area contributed by atoms with Gasteiger partial charge in [0.15, 0.2) is 0 Å². The van der Waals surface area contributed by atoms with E-state index in [1.807, 2.05) is 0 Å². The highest BCUT2D eigenvalue weighted by Crippen LogP contribution is 2.14. The molecule has 90 valence electrons. The molecule has 0 radical (unpaired) electrons. The van der Waals surface area contributed by atoms with E-state index in [0.717, 1.165) is 0 Å². The van der Waals surface area contributed by atoms with Gasteiger partial charge in [0.05, 0.1) is 17.3 Å². The highest BCUT2D eigenvalue weighted by molar-refractivity contribution is 7.86. The minimum atomic E-state index is -3.93. The van der Waals surface area contributed by atoms with Crippen molar-refractivity contribution in [2.75, 3.05) is 18.1 Å². The quantitative estimate of drug-likeness (QED) is 0.426. The fraction of sp³-hybridized carbons (Fsp3) is 0.250. The molecule has 0 amide bonds. The molecule has 6 nitrogen and oxygen atoms in total. The van der Waals surface area contributed by atoms with Gasteiger partial charge in [-0.2, -0.15) is 8.42 Å². The third kappa shape index (κ3) is 3.80. The van der Waals surface area contributed by atoms with Crippen molar-refractivity contribution in [1.82, 2.24) is 0 Å². The summed E-state index contributed by atoms with van der Waals surface area (Å²) in [5, 5.41) is 0. The second-order valence-electron chi connectivity index (χ2n) is 2.90. The third-order valence-corrected chi connectivity index (χ3v) is 3.52. The smallest absolute Gasteiger partial charge is 0.297 e. The van der Waals surface area contributed by atoms with Crippen molar-refractivity contribution >= 4 is 26.5 Å². The Balaban J connectivity index is 2.78. The van der Waals surface area contributed by atoms with E-state index in [0.29, 0.717) is 5.69 Å². The Bertz CT molecular complexity index is 527. The molecule has 2 N–H and O–H groups in total. The molecule has 0 saturated carbocycles. The van der Waals surface area contributed by atoms with E-state index in [-0.39, 0.29) is 10.6 Å². The maximum absolute atomic E-state index is 11.5. The molecule has 1 aromatic carbocycles. The lowest BCUT2D eigenvalue weighted by Gasteiger charge is -2.04. The molecule has 0 bridgehead atoms. The van der Waals surface area contributed by atoms with Crippen LogP contribution in [0.15, 0.2) is 29.2 Å². The molecule has 0 aliphatic heterocycles. The molecule has 0 fully saturated rings. The van der Waals surface area contributed by atoms with Gasteiger partial charge < -0.3 is 5.73 Å². The minimum Gasteiger partial charge on any atom is -0.399 e. The minimum absolute atomic E-state index is 0.0892. The highest BCUT2D eigenvalue weighted by atomic mass is 32.2. The number of anilines is 1. The van der Waals surface area contributed by atoms with Gasteiger partial charge in [-0.3, -0.25) is 4.18 Å². The van der Waals surface area contributed by atoms with Crippen molar-refractivity contribution in [2.24, 2.45) is 0 Å². The Kier molecular flexibility index (Phi) is 4.27. The monoisotopic (exact) mass is 265 g/mol. The van der Waals surface area contributed by atoms with Crippen LogP contribution in [0.3, 0.4) is 0 Å². The highest BCUT2D eigenvalue weighted by Gasteiger charge is 2.14. The van der Waals surface area contributed by atoms with Crippen LogP contribution in [0.5, 0.6) is 0 Å². The van der Waals surface area contributed by atoms with Crippen molar-refractivity contribution in [3.8, 4) is 0 Å². The first-order chi connectivity index (χ1) is 7.42. The zero-order valence-corrected chi connectivity index (χ0v) is 9.91. The number of hydrogen-bond acceptors (Lipinski definition) is 6. The standard InChI is InChI=1S/C8H11NO5S2/c9-7-2-1-3-8(6-7)16(12,13)14-4-5-15(10)11/h1-3,6,15H,4-5,9H2. The van der Waals surface area contributed by atoms with E-state index in [1.54, 1.807) is 0 Å². The molecule has 0 atom stereocenters. The van der Waals surface area contributed by atoms with Gasteiger partial charge in [-0.25, -0.2) is 8.42 Å². The normalized spacial score (nSPS) is 11.8. The lowest BCUT2D eigenvalue weighted by Crippen LogP contribution is -2.10. The van der Waals surface area contributed by atoms with Crippen LogP contribution in [0.4, 0.5) is 5.69 Å². The summed E-state index contributed by atoms with van der Waals surface area (Å²) in [5.74, 6) is -0.336. The number of nitrogens with two attached hydrogens (primary N) is 1. The largest absolute Gasteiger partial charge is 0.399 e. The summed E-state index contributed by atoms with van der Waals surface area (Å²) in [4.78, 5) is -0.0892. The summed E-state index contributed by atoms with van der Waals surface area (Å²) in [6, 6.07) is 5.57. The predicted octanol–water partition coefficient (Wildman–Crippen LogP) is -0.415. The van der Waals surface area contributed by atoms with Gasteiger partial charge >= 0.3 is 0 Å². The average Bonchev–Trinajstić information content (AvgIpc) is 2.16. The zero-order valence-electron chi connectivity index (χ0n) is 8.20. The number of benzene rings is 1. The SMILES string of the molecule is Nc1cccc(S(=O)(=O)OCC[SH](=O)=O)c1. The Morgan fingerprint density at radius 2 is 2.00 bits per heavy atom. The summed E-state index contributed by atoms with van der Waals surface area (Å²) in [7, 11) is -6.57. The van der Waals surface area contributed by atoms with Crippen LogP contribution >= 0.6 is 0 Å². The van der Waals surface area contributed by atoms with Crippen LogP contribution in [0, 0.1) is 0 Å². The van der Waals surface area contributed by atoms with Crippen LogP contribution in [-0.2, 0) is 25.0 Å². The van der Waals surface area contributed by atoms with Gasteiger partial charge in [0.25, 0.3) is 10.1 Å². The Labute approximate surface area is 95.1 Å². The molecule has 8 heteroatoms. The van der Waals surface area contributed by atoms with Crippen molar-refractivity contribution in [3.63, 3.8) is 0 Å². The molecule has 0 aromatic heterocycles. The van der Waals surface area contributed by atoms with Gasteiger partial charge in [-0.15, -0.1) is 0 Å². The fourth-order valence-corrected chi connectivity index (χ4v) is 2.29. The molecule has 1 rings (SSSR count). The number of rotatable bonds is 5. The van der Waals surface area contributed by atoms with E-state index in [1.165, 1.54) is 24.3 Å². The number of hydrogen-bond donors (Lipinski definition) is 2. The second-order valence-corrected chi connectivity index (χ2v) is 5.63. The first-order valence-corrected chi connectivity index (χ1v) is 7.06. The maximum atomic E-state index is 11.5. The maximum Gasteiger partial charge on any atom is 0.297 e. The van der Waals surface area contributed by atoms with Crippen LogP contribution < -0.4 is 5.73 Å². The molecular weight excluding hydrogens is 254 g/mol. The lowest BCUT2D eigenvalue weighted by atomic mass is 10.3. The molecule has 0 aliphatic rings. The van der Waals surface area contributed by atoms with Crippen molar-refractivity contribution < 1.29 is 21.0 Å². The summed E-state index contributed by atoms with van der Waals surface area (Å²) < 4.78 is 47.9. The molecule has 16 heavy (non-hydrogen) atoms. The Hall–Kier alpha value is -1.12. The van der Waals surface area contributed by atoms with Crippen LogP contribution in [-0.4, -0.2) is 29.2 Å². The molecule has 0 saturated heterocycles. The number of nitrogen functional groups attached to an aromatic ring is 1. The fourth-order valence-electron chi connectivity index (χ4n) is 0.960. The molecule has 1 aromatic rings. The zero-order chi connectivity index (χ0) is 12.2. The number of thiol groups is 1.